The first-order valence-electron chi connectivity index (χ1n) is 12.1. The Morgan fingerprint density at radius 2 is 1.86 bits per heavy atom. The Labute approximate surface area is 211 Å². The monoisotopic (exact) mass is 503 g/mol. The molecule has 0 aliphatic carbocycles. The molecule has 2 amide bonds. The molecule has 0 fully saturated rings. The zero-order valence-corrected chi connectivity index (χ0v) is 21.4. The number of aliphatic hydroxyl groups excluding tert-OH is 2. The van der Waals surface area contributed by atoms with E-state index in [1.54, 1.807) is 31.2 Å². The summed E-state index contributed by atoms with van der Waals surface area (Å²) in [6.07, 6.45) is 6.98. The van der Waals surface area contributed by atoms with Crippen molar-refractivity contribution in [3.8, 4) is 0 Å². The van der Waals surface area contributed by atoms with Gasteiger partial charge in [0.15, 0.2) is 11.6 Å². The highest BCUT2D eigenvalue weighted by Gasteiger charge is 2.28. The minimum atomic E-state index is -0.959. The van der Waals surface area contributed by atoms with E-state index < -0.39 is 36.2 Å². The minimum Gasteiger partial charge on any atom is -0.460 e. The fraction of sp³-hybridized carbons (Fsp3) is 0.538. The van der Waals surface area contributed by atoms with E-state index in [0.717, 1.165) is 11.8 Å². The second-order valence-corrected chi connectivity index (χ2v) is 9.40. The number of hydrogen-bond acceptors (Lipinski definition) is 8. The van der Waals surface area contributed by atoms with Crippen LogP contribution in [0, 0.1) is 11.8 Å². The van der Waals surface area contributed by atoms with E-state index in [1.807, 2.05) is 20.8 Å². The summed E-state index contributed by atoms with van der Waals surface area (Å²) in [6, 6.07) is -0.956. The maximum Gasteiger partial charge on any atom is 0.328 e. The number of hydrogen-bond donors (Lipinski definition) is 4. The first kappa shape index (κ1) is 29.0. The van der Waals surface area contributed by atoms with Crippen molar-refractivity contribution in [2.45, 2.75) is 71.8 Å². The molecule has 10 nitrogen and oxygen atoms in total. The third-order valence-corrected chi connectivity index (χ3v) is 5.62. The van der Waals surface area contributed by atoms with Crippen LogP contribution in [0.15, 0.2) is 46.6 Å². The van der Waals surface area contributed by atoms with Crippen LogP contribution < -0.4 is 10.6 Å². The number of fused-ring (bicyclic) bond motifs is 2. The van der Waals surface area contributed by atoms with Crippen LogP contribution in [0.1, 0.15) is 57.4 Å². The number of cyclic esters (lactones) is 1. The van der Waals surface area contributed by atoms with Crippen molar-refractivity contribution in [2.24, 2.45) is 11.8 Å². The van der Waals surface area contributed by atoms with Crippen LogP contribution >= 0.6 is 0 Å². The number of esters is 1. The van der Waals surface area contributed by atoms with Gasteiger partial charge in [0.1, 0.15) is 18.4 Å². The summed E-state index contributed by atoms with van der Waals surface area (Å²) in [5, 5.41) is 25.8. The summed E-state index contributed by atoms with van der Waals surface area (Å²) in [4.78, 5) is 41.5. The normalized spacial score (nSPS) is 30.9. The van der Waals surface area contributed by atoms with E-state index in [-0.39, 0.29) is 48.7 Å². The molecule has 0 saturated heterocycles. The molecule has 2 heterocycles. The van der Waals surface area contributed by atoms with E-state index in [4.69, 9.17) is 9.15 Å². The van der Waals surface area contributed by atoms with Crippen LogP contribution in [0.5, 0.6) is 0 Å². The van der Waals surface area contributed by atoms with Gasteiger partial charge in [-0.2, -0.15) is 0 Å². The van der Waals surface area contributed by atoms with Gasteiger partial charge in [0.25, 0.3) is 5.91 Å². The van der Waals surface area contributed by atoms with E-state index in [0.29, 0.717) is 0 Å². The standard InChI is InChI=1S/C26H37N3O7/c1-15(2)24-17(4)8-9-22(32)27-10-6-7-16(3)11-19(30)12-20(31)13-23-29-21(14-35-23)25(33)28-18(5)26(34)36-24/h6-9,11,14-15,17-20,24,30-31H,10,12-13H2,1-5H3,(H,27,32)(H,28,33)/b7-6+,9-8+,16-11+/t17-,18+,19-,20+,24-/m1/s1. The molecule has 0 spiro atoms. The number of carbonyl (C=O) groups excluding carboxylic acids is 3. The predicted octanol–water partition coefficient (Wildman–Crippen LogP) is 1.84. The van der Waals surface area contributed by atoms with Crippen LogP contribution in [-0.4, -0.2) is 63.9 Å². The number of nitrogens with one attached hydrogen (secondary N) is 2. The fourth-order valence-electron chi connectivity index (χ4n) is 3.73. The van der Waals surface area contributed by atoms with Gasteiger partial charge in [-0.1, -0.05) is 50.6 Å². The van der Waals surface area contributed by atoms with Gasteiger partial charge >= 0.3 is 5.97 Å². The lowest BCUT2D eigenvalue weighted by atomic mass is 9.94. The number of carbonyl (C=O) groups is 3. The number of amides is 2. The molecule has 1 aliphatic rings. The van der Waals surface area contributed by atoms with Crippen LogP contribution in [-0.2, 0) is 20.7 Å². The van der Waals surface area contributed by atoms with Gasteiger partial charge in [0, 0.05) is 18.9 Å². The van der Waals surface area contributed by atoms with Crippen molar-refractivity contribution < 1.29 is 33.8 Å². The van der Waals surface area contributed by atoms with Gasteiger partial charge in [-0.15, -0.1) is 0 Å². The molecule has 2 rings (SSSR count). The van der Waals surface area contributed by atoms with E-state index in [2.05, 4.69) is 15.6 Å². The summed E-state index contributed by atoms with van der Waals surface area (Å²) in [5.74, 6) is -1.70. The lowest BCUT2D eigenvalue weighted by molar-refractivity contribution is -0.155. The molecule has 10 heteroatoms. The van der Waals surface area contributed by atoms with Crippen molar-refractivity contribution in [1.82, 2.24) is 15.6 Å². The molecule has 4 N–H and O–H groups in total. The quantitative estimate of drug-likeness (QED) is 0.424. The van der Waals surface area contributed by atoms with Gasteiger partial charge in [-0.25, -0.2) is 9.78 Å². The van der Waals surface area contributed by atoms with Crippen molar-refractivity contribution in [3.05, 3.63) is 53.8 Å². The number of nitrogens with zero attached hydrogens (tertiary/aromatic N) is 1. The number of oxazole rings is 1. The van der Waals surface area contributed by atoms with E-state index >= 15 is 0 Å². The number of aliphatic hydroxyl groups is 2. The molecule has 36 heavy (non-hydrogen) atoms. The Hall–Kier alpha value is -3.24. The molecule has 5 atom stereocenters. The molecule has 1 aromatic heterocycles. The topological polar surface area (TPSA) is 151 Å². The van der Waals surface area contributed by atoms with Crippen molar-refractivity contribution in [1.29, 1.82) is 0 Å². The molecule has 198 valence electrons. The van der Waals surface area contributed by atoms with Gasteiger partial charge in [-0.05, 0) is 25.8 Å². The maximum atomic E-state index is 12.7. The highest BCUT2D eigenvalue weighted by atomic mass is 16.5. The molecule has 0 radical (unpaired) electrons. The highest BCUT2D eigenvalue weighted by molar-refractivity contribution is 5.94. The zero-order chi connectivity index (χ0) is 26.8. The van der Waals surface area contributed by atoms with E-state index in [9.17, 15) is 24.6 Å². The summed E-state index contributed by atoms with van der Waals surface area (Å²) >= 11 is 0. The summed E-state index contributed by atoms with van der Waals surface area (Å²) < 4.78 is 10.9. The summed E-state index contributed by atoms with van der Waals surface area (Å²) in [7, 11) is 0. The minimum absolute atomic E-state index is 0.00233. The summed E-state index contributed by atoms with van der Waals surface area (Å²) in [5.41, 5.74) is 0.719. The Balaban J connectivity index is 2.24. The number of ether oxygens (including phenoxy) is 1. The lowest BCUT2D eigenvalue weighted by Crippen LogP contribution is -2.42. The third kappa shape index (κ3) is 9.43. The zero-order valence-electron chi connectivity index (χ0n) is 21.4. The molecule has 0 saturated carbocycles. The third-order valence-electron chi connectivity index (χ3n) is 5.62. The molecule has 0 aromatic carbocycles. The second kappa shape index (κ2) is 13.7. The van der Waals surface area contributed by atoms with Crippen LogP contribution in [0.25, 0.3) is 0 Å². The molecular weight excluding hydrogens is 466 g/mol. The van der Waals surface area contributed by atoms with Crippen molar-refractivity contribution in [3.63, 3.8) is 0 Å². The predicted molar refractivity (Wildman–Crippen MR) is 133 cm³/mol. The molecule has 1 aromatic rings. The fourth-order valence-corrected chi connectivity index (χ4v) is 3.73. The van der Waals surface area contributed by atoms with Crippen molar-refractivity contribution in [2.75, 3.05) is 6.54 Å². The SMILES string of the molecule is CC1=C\[C@@H](O)C[C@H](O)Cc2nc(co2)C(=O)N[C@@H](C)C(=O)O[C@H](C(C)C)[C@H](C)/C=C/C(=O)NC\C=C\1. The van der Waals surface area contributed by atoms with Gasteiger partial charge in [0.05, 0.1) is 18.6 Å². The average molecular weight is 504 g/mol. The van der Waals surface area contributed by atoms with Crippen LogP contribution in [0.2, 0.25) is 0 Å². The Morgan fingerprint density at radius 3 is 2.56 bits per heavy atom. The average Bonchev–Trinajstić information content (AvgIpc) is 3.25. The molecular formula is C26H37N3O7. The Kier molecular flexibility index (Phi) is 11.1. The largest absolute Gasteiger partial charge is 0.460 e. The number of rotatable bonds is 1. The highest BCUT2D eigenvalue weighted by Crippen LogP contribution is 2.19. The Bertz CT molecular complexity index is 995. The van der Waals surface area contributed by atoms with E-state index in [1.165, 1.54) is 13.0 Å². The summed E-state index contributed by atoms with van der Waals surface area (Å²) in [6.45, 7) is 9.24. The van der Waals surface area contributed by atoms with Gasteiger partial charge in [0.2, 0.25) is 5.91 Å². The van der Waals surface area contributed by atoms with Crippen molar-refractivity contribution >= 4 is 17.8 Å². The smallest absolute Gasteiger partial charge is 0.328 e. The van der Waals surface area contributed by atoms with Crippen LogP contribution in [0.4, 0.5) is 0 Å². The first-order chi connectivity index (χ1) is 17.0. The number of aromatic nitrogens is 1. The van der Waals surface area contributed by atoms with Gasteiger partial charge < -0.3 is 30.0 Å². The first-order valence-corrected chi connectivity index (χ1v) is 12.1. The molecule has 0 unspecified atom stereocenters. The molecule has 2 bridgehead atoms. The van der Waals surface area contributed by atoms with Crippen LogP contribution in [0.3, 0.4) is 0 Å². The molecule has 1 aliphatic heterocycles. The number of allylic oxidation sites excluding steroid dienone is 2. The van der Waals surface area contributed by atoms with Gasteiger partial charge in [-0.3, -0.25) is 9.59 Å². The lowest BCUT2D eigenvalue weighted by Gasteiger charge is -2.27. The maximum absolute atomic E-state index is 12.7. The second-order valence-electron chi connectivity index (χ2n) is 9.40. The Morgan fingerprint density at radius 1 is 1.14 bits per heavy atom.